The van der Waals surface area contributed by atoms with E-state index in [9.17, 15) is 0 Å². The van der Waals surface area contributed by atoms with Gasteiger partial charge in [-0.15, -0.1) is 11.3 Å². The average Bonchev–Trinajstić information content (AvgIpc) is 3.00. The van der Waals surface area contributed by atoms with E-state index in [0.717, 1.165) is 35.5 Å². The molecular weight excluding hydrogens is 272 g/mol. The van der Waals surface area contributed by atoms with Crippen LogP contribution in [0.15, 0.2) is 11.6 Å². The number of piperidine rings is 1. The molecule has 1 unspecified atom stereocenters. The molecular formula is C14H22N4OS. The zero-order valence-electron chi connectivity index (χ0n) is 12.1. The van der Waals surface area contributed by atoms with Crippen molar-refractivity contribution in [1.29, 1.82) is 0 Å². The van der Waals surface area contributed by atoms with Gasteiger partial charge in [-0.25, -0.2) is 0 Å². The van der Waals surface area contributed by atoms with Crippen molar-refractivity contribution in [2.24, 2.45) is 5.92 Å². The summed E-state index contributed by atoms with van der Waals surface area (Å²) in [5.74, 6) is 1.50. The molecule has 1 saturated heterocycles. The number of nitrogens with one attached hydrogen (secondary N) is 1. The molecule has 0 bridgehead atoms. The molecule has 1 aliphatic heterocycles. The lowest BCUT2D eigenvalue weighted by atomic mass is 9.98. The number of fused-ring (bicyclic) bond motifs is 1. The summed E-state index contributed by atoms with van der Waals surface area (Å²) in [7, 11) is 3.90. The lowest BCUT2D eigenvalue weighted by molar-refractivity contribution is 0.206. The zero-order chi connectivity index (χ0) is 13.9. The van der Waals surface area contributed by atoms with Crippen LogP contribution in [0.3, 0.4) is 0 Å². The van der Waals surface area contributed by atoms with Crippen molar-refractivity contribution in [3.8, 4) is 5.88 Å². The lowest BCUT2D eigenvalue weighted by Gasteiger charge is -2.29. The van der Waals surface area contributed by atoms with Crippen LogP contribution in [0.1, 0.15) is 18.5 Å². The molecule has 1 atom stereocenters. The summed E-state index contributed by atoms with van der Waals surface area (Å²) in [5, 5.41) is 5.63. The number of aromatic nitrogens is 2. The Morgan fingerprint density at radius 2 is 2.45 bits per heavy atom. The van der Waals surface area contributed by atoms with Crippen molar-refractivity contribution in [1.82, 2.24) is 19.6 Å². The molecule has 5 nitrogen and oxygen atoms in total. The molecule has 3 heterocycles. The van der Waals surface area contributed by atoms with Crippen molar-refractivity contribution in [3.05, 3.63) is 17.3 Å². The summed E-state index contributed by atoms with van der Waals surface area (Å²) in [6.07, 6.45) is 4.70. The molecule has 0 aliphatic carbocycles. The summed E-state index contributed by atoms with van der Waals surface area (Å²) in [6, 6.07) is 0. The smallest absolute Gasteiger partial charge is 0.237 e. The Morgan fingerprint density at radius 3 is 3.25 bits per heavy atom. The largest absolute Gasteiger partial charge is 0.480 e. The standard InChI is InChI=1S/C14H22N4OS/c1-17-5-3-4-11(10-17)8-15-9-12-13(19-2)16-14-18(12)6-7-20-14/h6-7,11,15H,3-5,8-10H2,1-2H3. The van der Waals surface area contributed by atoms with Gasteiger partial charge < -0.3 is 15.0 Å². The van der Waals surface area contributed by atoms with E-state index in [0.29, 0.717) is 0 Å². The van der Waals surface area contributed by atoms with Crippen molar-refractivity contribution in [3.63, 3.8) is 0 Å². The second-order valence-electron chi connectivity index (χ2n) is 5.52. The number of nitrogens with zero attached hydrogens (tertiary/aromatic N) is 3. The molecule has 2 aromatic rings. The normalized spacial score (nSPS) is 20.6. The number of hydrogen-bond acceptors (Lipinski definition) is 5. The van der Waals surface area contributed by atoms with E-state index in [1.807, 2.05) is 0 Å². The van der Waals surface area contributed by atoms with Crippen LogP contribution in [-0.4, -0.2) is 48.1 Å². The first-order valence-electron chi connectivity index (χ1n) is 7.15. The molecule has 0 saturated carbocycles. The van der Waals surface area contributed by atoms with Gasteiger partial charge in [-0.2, -0.15) is 4.98 Å². The molecule has 110 valence electrons. The summed E-state index contributed by atoms with van der Waals surface area (Å²) in [4.78, 5) is 7.90. The van der Waals surface area contributed by atoms with Gasteiger partial charge in [0.1, 0.15) is 5.69 Å². The number of methoxy groups -OCH3 is 1. The number of ether oxygens (including phenoxy) is 1. The van der Waals surface area contributed by atoms with Crippen LogP contribution in [0.2, 0.25) is 0 Å². The average molecular weight is 294 g/mol. The first-order valence-corrected chi connectivity index (χ1v) is 8.03. The maximum Gasteiger partial charge on any atom is 0.237 e. The summed E-state index contributed by atoms with van der Waals surface area (Å²) >= 11 is 1.64. The first-order chi connectivity index (χ1) is 9.78. The minimum Gasteiger partial charge on any atom is -0.480 e. The molecule has 0 spiro atoms. The number of imidazole rings is 1. The van der Waals surface area contributed by atoms with Crippen molar-refractivity contribution in [2.45, 2.75) is 19.4 Å². The third kappa shape index (κ3) is 2.82. The molecule has 3 rings (SSSR count). The maximum atomic E-state index is 5.37. The van der Waals surface area contributed by atoms with Crippen molar-refractivity contribution >= 4 is 16.3 Å². The van der Waals surface area contributed by atoms with Crippen LogP contribution in [-0.2, 0) is 6.54 Å². The second-order valence-corrected chi connectivity index (χ2v) is 6.40. The van der Waals surface area contributed by atoms with Crippen molar-refractivity contribution in [2.75, 3.05) is 33.8 Å². The van der Waals surface area contributed by atoms with Gasteiger partial charge in [0.15, 0.2) is 4.96 Å². The summed E-state index contributed by atoms with van der Waals surface area (Å²) in [5.41, 5.74) is 1.12. The number of thiazole rings is 1. The van der Waals surface area contributed by atoms with E-state index in [1.165, 1.54) is 25.9 Å². The van der Waals surface area contributed by atoms with Gasteiger partial charge >= 0.3 is 0 Å². The molecule has 6 heteroatoms. The highest BCUT2D eigenvalue weighted by atomic mass is 32.1. The minimum absolute atomic E-state index is 0.741. The minimum atomic E-state index is 0.741. The Bertz CT molecular complexity index is 565. The molecule has 1 aliphatic rings. The zero-order valence-corrected chi connectivity index (χ0v) is 12.9. The fourth-order valence-corrected chi connectivity index (χ4v) is 3.70. The summed E-state index contributed by atoms with van der Waals surface area (Å²) < 4.78 is 7.49. The lowest BCUT2D eigenvalue weighted by Crippen LogP contribution is -2.37. The topological polar surface area (TPSA) is 41.8 Å². The Hall–Kier alpha value is -1.11. The Labute approximate surface area is 123 Å². The highest BCUT2D eigenvalue weighted by Gasteiger charge is 2.18. The van der Waals surface area contributed by atoms with Gasteiger partial charge in [0.25, 0.3) is 0 Å². The van der Waals surface area contributed by atoms with Crippen LogP contribution < -0.4 is 10.1 Å². The van der Waals surface area contributed by atoms with Gasteiger partial charge in [-0.05, 0) is 38.9 Å². The van der Waals surface area contributed by atoms with Crippen LogP contribution in [0.25, 0.3) is 4.96 Å². The van der Waals surface area contributed by atoms with E-state index in [-0.39, 0.29) is 0 Å². The Kier molecular flexibility index (Phi) is 4.24. The fourth-order valence-electron chi connectivity index (χ4n) is 2.97. The van der Waals surface area contributed by atoms with E-state index < -0.39 is 0 Å². The number of hydrogen-bond donors (Lipinski definition) is 1. The van der Waals surface area contributed by atoms with Crippen LogP contribution in [0.4, 0.5) is 0 Å². The Balaban J connectivity index is 1.60. The van der Waals surface area contributed by atoms with Crippen LogP contribution >= 0.6 is 11.3 Å². The Morgan fingerprint density at radius 1 is 1.55 bits per heavy atom. The predicted octanol–water partition coefficient (Wildman–Crippen LogP) is 1.84. The quantitative estimate of drug-likeness (QED) is 0.913. The molecule has 0 amide bonds. The second kappa shape index (κ2) is 6.11. The summed E-state index contributed by atoms with van der Waals surface area (Å²) in [6.45, 7) is 4.30. The van der Waals surface area contributed by atoms with Gasteiger partial charge in [0.05, 0.1) is 7.11 Å². The monoisotopic (exact) mass is 294 g/mol. The van der Waals surface area contributed by atoms with Gasteiger partial charge in [0, 0.05) is 24.7 Å². The highest BCUT2D eigenvalue weighted by Crippen LogP contribution is 2.23. The highest BCUT2D eigenvalue weighted by molar-refractivity contribution is 7.15. The molecule has 0 aromatic carbocycles. The third-order valence-electron chi connectivity index (χ3n) is 3.97. The van der Waals surface area contributed by atoms with E-state index >= 15 is 0 Å². The molecule has 0 radical (unpaired) electrons. The van der Waals surface area contributed by atoms with Crippen LogP contribution in [0.5, 0.6) is 5.88 Å². The van der Waals surface area contributed by atoms with Crippen LogP contribution in [0, 0.1) is 5.92 Å². The SMILES string of the molecule is COc1nc2sccn2c1CNCC1CCCN(C)C1. The van der Waals surface area contributed by atoms with Gasteiger partial charge in [-0.3, -0.25) is 4.40 Å². The van der Waals surface area contributed by atoms with E-state index in [1.54, 1.807) is 18.4 Å². The predicted molar refractivity (Wildman–Crippen MR) is 81.5 cm³/mol. The molecule has 20 heavy (non-hydrogen) atoms. The van der Waals surface area contributed by atoms with Gasteiger partial charge in [-0.1, -0.05) is 0 Å². The number of rotatable bonds is 5. The molecule has 2 aromatic heterocycles. The number of likely N-dealkylation sites (tertiary alicyclic amines) is 1. The van der Waals surface area contributed by atoms with E-state index in [4.69, 9.17) is 4.74 Å². The fraction of sp³-hybridized carbons (Fsp3) is 0.643. The molecule has 1 N–H and O–H groups in total. The van der Waals surface area contributed by atoms with Gasteiger partial charge in [0.2, 0.25) is 5.88 Å². The van der Waals surface area contributed by atoms with Crippen molar-refractivity contribution < 1.29 is 4.74 Å². The first kappa shape index (κ1) is 13.9. The maximum absolute atomic E-state index is 5.37. The van der Waals surface area contributed by atoms with E-state index in [2.05, 4.69) is 38.2 Å². The third-order valence-corrected chi connectivity index (χ3v) is 4.72. The molecule has 1 fully saturated rings.